The molecule has 0 fully saturated rings. The minimum absolute atomic E-state index is 0.169. The molecule has 1 unspecified atom stereocenters. The van der Waals surface area contributed by atoms with Gasteiger partial charge in [0.05, 0.1) is 12.6 Å². The van der Waals surface area contributed by atoms with Crippen LogP contribution in [0.25, 0.3) is 0 Å². The van der Waals surface area contributed by atoms with Crippen LogP contribution in [0, 0.1) is 6.92 Å². The molecule has 2 aromatic rings. The van der Waals surface area contributed by atoms with Gasteiger partial charge in [0.2, 0.25) is 0 Å². The molecule has 0 bridgehead atoms. The number of halogens is 1. The molecule has 0 aromatic heterocycles. The Morgan fingerprint density at radius 3 is 2.38 bits per heavy atom. The van der Waals surface area contributed by atoms with Gasteiger partial charge in [-0.15, -0.1) is 0 Å². The molecule has 0 saturated heterocycles. The molecule has 3 heteroatoms. The molecular weight excluding hydrogens is 282 g/mol. The minimum atomic E-state index is 0.169. The van der Waals surface area contributed by atoms with E-state index in [0.717, 1.165) is 17.3 Å². The fourth-order valence-electron chi connectivity index (χ4n) is 2.50. The van der Waals surface area contributed by atoms with Crippen LogP contribution in [0.4, 0.5) is 0 Å². The third kappa shape index (κ3) is 3.99. The van der Waals surface area contributed by atoms with Gasteiger partial charge in [-0.05, 0) is 61.3 Å². The highest BCUT2D eigenvalue weighted by Gasteiger charge is 2.15. The Morgan fingerprint density at radius 1 is 1.10 bits per heavy atom. The van der Waals surface area contributed by atoms with Gasteiger partial charge in [0.25, 0.3) is 0 Å². The minimum Gasteiger partial charge on any atom is -0.494 e. The lowest BCUT2D eigenvalue weighted by atomic mass is 9.95. The normalized spacial score (nSPS) is 12.2. The first kappa shape index (κ1) is 15.9. The molecule has 2 nitrogen and oxygen atoms in total. The van der Waals surface area contributed by atoms with Crippen LogP contribution in [0.5, 0.6) is 5.75 Å². The molecule has 1 atom stereocenters. The van der Waals surface area contributed by atoms with Crippen LogP contribution < -0.4 is 10.1 Å². The predicted molar refractivity (Wildman–Crippen MR) is 89.3 cm³/mol. The van der Waals surface area contributed by atoms with E-state index in [4.69, 9.17) is 16.3 Å². The summed E-state index contributed by atoms with van der Waals surface area (Å²) in [7, 11) is 0. The van der Waals surface area contributed by atoms with Crippen molar-refractivity contribution in [2.75, 3.05) is 13.2 Å². The molecule has 0 aliphatic heterocycles. The summed E-state index contributed by atoms with van der Waals surface area (Å²) in [6, 6.07) is 14.5. The lowest BCUT2D eigenvalue weighted by Crippen LogP contribution is -2.22. The summed E-state index contributed by atoms with van der Waals surface area (Å²) in [5.74, 6) is 0.907. The Labute approximate surface area is 132 Å². The van der Waals surface area contributed by atoms with Crippen molar-refractivity contribution in [2.24, 2.45) is 0 Å². The molecule has 0 aliphatic rings. The van der Waals surface area contributed by atoms with Crippen molar-refractivity contribution in [3.05, 3.63) is 64.2 Å². The molecule has 0 amide bonds. The summed E-state index contributed by atoms with van der Waals surface area (Å²) in [5.41, 5.74) is 3.68. The fourth-order valence-corrected chi connectivity index (χ4v) is 2.72. The van der Waals surface area contributed by atoms with Gasteiger partial charge in [-0.3, -0.25) is 0 Å². The van der Waals surface area contributed by atoms with E-state index in [2.05, 4.69) is 37.4 Å². The van der Waals surface area contributed by atoms with Gasteiger partial charge in [0.15, 0.2) is 0 Å². The fraction of sp³-hybridized carbons (Fsp3) is 0.333. The van der Waals surface area contributed by atoms with Gasteiger partial charge < -0.3 is 10.1 Å². The third-order valence-corrected chi connectivity index (χ3v) is 3.71. The summed E-state index contributed by atoms with van der Waals surface area (Å²) in [4.78, 5) is 0. The SMILES string of the molecule is CCNC(c1ccc(OCC)cc1)c1ccc(Cl)cc1C. The number of hydrogen-bond acceptors (Lipinski definition) is 2. The third-order valence-electron chi connectivity index (χ3n) is 3.48. The summed E-state index contributed by atoms with van der Waals surface area (Å²) in [6.45, 7) is 7.80. The number of rotatable bonds is 6. The molecule has 21 heavy (non-hydrogen) atoms. The number of ether oxygens (including phenoxy) is 1. The Bertz CT molecular complexity index is 580. The lowest BCUT2D eigenvalue weighted by Gasteiger charge is -2.21. The summed E-state index contributed by atoms with van der Waals surface area (Å²) in [5, 5.41) is 4.32. The zero-order valence-electron chi connectivity index (χ0n) is 12.8. The quantitative estimate of drug-likeness (QED) is 0.832. The van der Waals surface area contributed by atoms with Crippen LogP contribution in [0.15, 0.2) is 42.5 Å². The van der Waals surface area contributed by atoms with Crippen LogP contribution in [-0.4, -0.2) is 13.2 Å². The number of aryl methyl sites for hydroxylation is 1. The van der Waals surface area contributed by atoms with Crippen molar-refractivity contribution in [3.63, 3.8) is 0 Å². The van der Waals surface area contributed by atoms with Gasteiger partial charge in [-0.25, -0.2) is 0 Å². The average molecular weight is 304 g/mol. The first-order valence-electron chi connectivity index (χ1n) is 7.37. The van der Waals surface area contributed by atoms with Gasteiger partial charge in [0, 0.05) is 5.02 Å². The highest BCUT2D eigenvalue weighted by molar-refractivity contribution is 6.30. The molecule has 1 N–H and O–H groups in total. The number of benzene rings is 2. The summed E-state index contributed by atoms with van der Waals surface area (Å²) < 4.78 is 5.51. The first-order chi connectivity index (χ1) is 10.2. The van der Waals surface area contributed by atoms with Crippen molar-refractivity contribution in [1.82, 2.24) is 5.32 Å². The van der Waals surface area contributed by atoms with Crippen LogP contribution in [0.2, 0.25) is 5.02 Å². The standard InChI is InChI=1S/C18H22ClNO/c1-4-20-18(17-11-8-15(19)12-13(17)3)14-6-9-16(10-7-14)21-5-2/h6-12,18,20H,4-5H2,1-3H3. The van der Waals surface area contributed by atoms with Crippen LogP contribution in [-0.2, 0) is 0 Å². The Morgan fingerprint density at radius 2 is 1.81 bits per heavy atom. The molecule has 0 aliphatic carbocycles. The maximum Gasteiger partial charge on any atom is 0.119 e. The highest BCUT2D eigenvalue weighted by atomic mass is 35.5. The van der Waals surface area contributed by atoms with Gasteiger partial charge >= 0.3 is 0 Å². The van der Waals surface area contributed by atoms with Crippen LogP contribution >= 0.6 is 11.6 Å². The zero-order valence-corrected chi connectivity index (χ0v) is 13.6. The molecular formula is C18H22ClNO. The second kappa shape index (κ2) is 7.48. The molecule has 2 rings (SSSR count). The predicted octanol–water partition coefficient (Wildman–Crippen LogP) is 4.75. The van der Waals surface area contributed by atoms with Crippen LogP contribution in [0.3, 0.4) is 0 Å². The van der Waals surface area contributed by atoms with E-state index in [1.54, 1.807) is 0 Å². The van der Waals surface area contributed by atoms with E-state index in [1.165, 1.54) is 16.7 Å². The largest absolute Gasteiger partial charge is 0.494 e. The second-order valence-electron chi connectivity index (χ2n) is 4.99. The van der Waals surface area contributed by atoms with Crippen molar-refractivity contribution < 1.29 is 4.74 Å². The number of hydrogen-bond donors (Lipinski definition) is 1. The average Bonchev–Trinajstić information content (AvgIpc) is 2.47. The van der Waals surface area contributed by atoms with E-state index < -0.39 is 0 Å². The van der Waals surface area contributed by atoms with Gasteiger partial charge in [-0.1, -0.05) is 36.7 Å². The second-order valence-corrected chi connectivity index (χ2v) is 5.43. The zero-order chi connectivity index (χ0) is 15.2. The number of nitrogens with one attached hydrogen (secondary N) is 1. The summed E-state index contributed by atoms with van der Waals surface area (Å²) in [6.07, 6.45) is 0. The van der Waals surface area contributed by atoms with Crippen molar-refractivity contribution in [1.29, 1.82) is 0 Å². The monoisotopic (exact) mass is 303 g/mol. The highest BCUT2D eigenvalue weighted by Crippen LogP contribution is 2.28. The maximum absolute atomic E-state index is 6.06. The summed E-state index contributed by atoms with van der Waals surface area (Å²) >= 11 is 6.06. The van der Waals surface area contributed by atoms with Crippen molar-refractivity contribution in [2.45, 2.75) is 26.8 Å². The Balaban J connectivity index is 2.33. The molecule has 112 valence electrons. The molecule has 0 radical (unpaired) electrons. The Hall–Kier alpha value is -1.51. The van der Waals surface area contributed by atoms with Crippen molar-refractivity contribution >= 4 is 11.6 Å². The smallest absolute Gasteiger partial charge is 0.119 e. The van der Waals surface area contributed by atoms with E-state index >= 15 is 0 Å². The van der Waals surface area contributed by atoms with Gasteiger partial charge in [-0.2, -0.15) is 0 Å². The maximum atomic E-state index is 6.06. The topological polar surface area (TPSA) is 21.3 Å². The van der Waals surface area contributed by atoms with E-state index in [0.29, 0.717) is 6.61 Å². The lowest BCUT2D eigenvalue weighted by molar-refractivity contribution is 0.340. The van der Waals surface area contributed by atoms with Gasteiger partial charge in [0.1, 0.15) is 5.75 Å². The molecule has 0 spiro atoms. The first-order valence-corrected chi connectivity index (χ1v) is 7.75. The van der Waals surface area contributed by atoms with Crippen LogP contribution in [0.1, 0.15) is 36.6 Å². The molecule has 2 aromatic carbocycles. The van der Waals surface area contributed by atoms with E-state index in [-0.39, 0.29) is 6.04 Å². The van der Waals surface area contributed by atoms with Crippen molar-refractivity contribution in [3.8, 4) is 5.75 Å². The molecule has 0 heterocycles. The Kier molecular flexibility index (Phi) is 5.66. The molecule has 0 saturated carbocycles. The van der Waals surface area contributed by atoms with E-state index in [1.807, 2.05) is 31.2 Å². The van der Waals surface area contributed by atoms with E-state index in [9.17, 15) is 0 Å².